The third-order valence-corrected chi connectivity index (χ3v) is 10.3. The third kappa shape index (κ3) is 6.81. The van der Waals surface area contributed by atoms with Gasteiger partial charge in [-0.3, -0.25) is 13.7 Å². The number of hydrogen-bond donors (Lipinski definition) is 3. The molecule has 2 bridgehead atoms. The molecule has 3 saturated heterocycles. The number of ether oxygens (including phenoxy) is 2. The number of nitrogens with zero attached hydrogens (tertiary/aromatic N) is 8. The number of aliphatic hydroxyl groups is 1. The van der Waals surface area contributed by atoms with Crippen LogP contribution in [-0.4, -0.2) is 94.0 Å². The molecule has 3 aliphatic heterocycles. The average Bonchev–Trinajstić information content (AvgIpc) is 3.73. The van der Waals surface area contributed by atoms with Crippen molar-refractivity contribution in [2.45, 2.75) is 49.1 Å². The van der Waals surface area contributed by atoms with Crippen LogP contribution in [0.25, 0.3) is 22.3 Å². The van der Waals surface area contributed by atoms with Crippen LogP contribution < -0.4 is 75.5 Å². The van der Waals surface area contributed by atoms with Crippen LogP contribution in [0.15, 0.2) is 25.3 Å². The van der Waals surface area contributed by atoms with E-state index in [0.717, 1.165) is 6.33 Å². The number of aliphatic hydroxyl groups excluding tert-OH is 1. The van der Waals surface area contributed by atoms with Crippen LogP contribution in [0.2, 0.25) is 0 Å². The topological polar surface area (TPSA) is 255 Å². The van der Waals surface area contributed by atoms with Crippen LogP contribution in [0.1, 0.15) is 12.5 Å². The van der Waals surface area contributed by atoms with Crippen LogP contribution in [0.4, 0.5) is 16.0 Å². The van der Waals surface area contributed by atoms with Crippen molar-refractivity contribution in [1.82, 2.24) is 39.0 Å². The van der Waals surface area contributed by atoms with E-state index in [1.54, 1.807) is 0 Å². The average molecular weight is 737 g/mol. The molecule has 3 aliphatic rings. The van der Waals surface area contributed by atoms with Crippen molar-refractivity contribution in [3.8, 4) is 0 Å². The fourth-order valence-corrected chi connectivity index (χ4v) is 7.99. The third-order valence-electron chi connectivity index (χ3n) is 7.20. The zero-order chi connectivity index (χ0) is 31.0. The molecule has 4 aromatic rings. The molecule has 10 atom stereocenters. The summed E-state index contributed by atoms with van der Waals surface area (Å²) in [6.45, 7) is -10.2. The van der Waals surface area contributed by atoms with E-state index in [2.05, 4.69) is 29.9 Å². The Labute approximate surface area is 312 Å². The molecule has 0 amide bonds. The number of alkyl halides is 1. The Morgan fingerprint density at radius 3 is 2.04 bits per heavy atom. The molecule has 0 saturated carbocycles. The normalized spacial score (nSPS) is 36.6. The largest absolute Gasteiger partial charge is 1.00 e. The summed E-state index contributed by atoms with van der Waals surface area (Å²) >= 11 is 10.2. The van der Waals surface area contributed by atoms with Gasteiger partial charge in [0.25, 0.3) is 0 Å². The van der Waals surface area contributed by atoms with E-state index in [9.17, 15) is 14.6 Å². The van der Waals surface area contributed by atoms with Crippen molar-refractivity contribution in [1.29, 1.82) is 0 Å². The number of nitrogens with two attached hydrogens (primary N) is 2. The molecule has 3 unspecified atom stereocenters. The first-order chi connectivity index (χ1) is 20.9. The van der Waals surface area contributed by atoms with Crippen molar-refractivity contribution in [3.63, 3.8) is 0 Å². The predicted molar refractivity (Wildman–Crippen MR) is 149 cm³/mol. The van der Waals surface area contributed by atoms with Gasteiger partial charge in [0, 0.05) is 0 Å². The fourth-order valence-electron chi connectivity index (χ4n) is 5.17. The molecular weight excluding hydrogens is 715 g/mol. The summed E-state index contributed by atoms with van der Waals surface area (Å²) < 4.78 is 65.6. The Balaban J connectivity index is 0.00000208. The predicted octanol–water partition coefficient (Wildman–Crippen LogP) is -6.61. The van der Waals surface area contributed by atoms with Gasteiger partial charge in [0.05, 0.1) is 25.9 Å². The van der Waals surface area contributed by atoms with E-state index < -0.39 is 75.9 Å². The summed E-state index contributed by atoms with van der Waals surface area (Å²) in [4.78, 5) is 37.5. The molecular formula is C20H21FN10Na2O9P2S2. The zero-order valence-corrected chi connectivity index (χ0v) is 31.3. The van der Waals surface area contributed by atoms with Gasteiger partial charge in [-0.25, -0.2) is 34.3 Å². The minimum absolute atomic E-state index is 0. The maximum Gasteiger partial charge on any atom is 1.00 e. The number of imidazole rings is 2. The van der Waals surface area contributed by atoms with Crippen molar-refractivity contribution in [3.05, 3.63) is 25.3 Å². The Morgan fingerprint density at radius 1 is 0.891 bits per heavy atom. The molecule has 7 rings (SSSR count). The molecule has 19 nitrogen and oxygen atoms in total. The molecule has 46 heavy (non-hydrogen) atoms. The molecule has 4 aromatic heterocycles. The van der Waals surface area contributed by atoms with Crippen LogP contribution in [0.3, 0.4) is 0 Å². The summed E-state index contributed by atoms with van der Waals surface area (Å²) in [6.07, 6.45) is -7.19. The van der Waals surface area contributed by atoms with E-state index in [0.29, 0.717) is 0 Å². The van der Waals surface area contributed by atoms with Gasteiger partial charge in [0.1, 0.15) is 60.9 Å². The molecule has 26 heteroatoms. The fraction of sp³-hybridized carbons (Fsp3) is 0.500. The van der Waals surface area contributed by atoms with Crippen LogP contribution in [-0.2, 0) is 56.2 Å². The maximum absolute atomic E-state index is 16.0. The first-order valence-electron chi connectivity index (χ1n) is 12.7. The van der Waals surface area contributed by atoms with Gasteiger partial charge in [-0.15, -0.1) is 0 Å². The van der Waals surface area contributed by atoms with Gasteiger partial charge in [-0.2, -0.15) is 0 Å². The number of halogens is 1. The summed E-state index contributed by atoms with van der Waals surface area (Å²) in [5.74, 6) is 0.123. The summed E-state index contributed by atoms with van der Waals surface area (Å²) in [6, 6.07) is 0. The SMILES string of the molecule is Nc1ncnc2c1ncn2[C@@H]1O[C@@H]2COP(=O)([S-])O[C@@H]3C(O)[C@@H](COP([O-])(=S)O[C@H]2[C@H]1F)O[C@H]3n1cnc2c(N)ncnc21.[Na+].[Na+]. The van der Waals surface area contributed by atoms with E-state index in [1.165, 1.54) is 28.1 Å². The smallest absolute Gasteiger partial charge is 0.780 e. The molecule has 0 radical (unpaired) electrons. The second-order valence-electron chi connectivity index (χ2n) is 9.86. The van der Waals surface area contributed by atoms with Crippen molar-refractivity contribution in [2.24, 2.45) is 0 Å². The van der Waals surface area contributed by atoms with Gasteiger partial charge in [0.15, 0.2) is 41.6 Å². The molecule has 0 aliphatic carbocycles. The quantitative estimate of drug-likeness (QED) is 0.0982. The van der Waals surface area contributed by atoms with E-state index in [4.69, 9.17) is 63.1 Å². The Bertz CT molecular complexity index is 1850. The van der Waals surface area contributed by atoms with Crippen LogP contribution >= 0.6 is 13.5 Å². The second kappa shape index (κ2) is 14.0. The number of fused-ring (bicyclic) bond motifs is 5. The second-order valence-corrected chi connectivity index (χ2v) is 15.3. The van der Waals surface area contributed by atoms with E-state index in [-0.39, 0.29) is 93.1 Å². The Hall–Kier alpha value is -0.460. The van der Waals surface area contributed by atoms with Gasteiger partial charge < -0.3 is 61.3 Å². The van der Waals surface area contributed by atoms with Gasteiger partial charge in [-0.1, -0.05) is 11.8 Å². The standard InChI is InChI=1S/C20H23FN10O9P2S2.2Na/c21-9-13-8(38-19(9)30-5-28-10-15(22)24-3-26-17(10)30)2-36-42(34,44)40-14-12(32)7(1-35-41(33,43)39-13)37-20(14)31-6-29-11-16(23)25-4-27-18(11)31;;/h3-9,12-14,19-20,32H,1-2H2,(H,33,43)(H,34,44)(H2,22,24,26)(H2,23,25,27);;/q;2*+1/p-2/t7-,8-,9-,12?,13-,14-,19-,20-,41?,42?;;/m1../s1. The van der Waals surface area contributed by atoms with Gasteiger partial charge in [-0.05, 0) is 0 Å². The molecule has 3 fully saturated rings. The number of hydrogen-bond acceptors (Lipinski definition) is 19. The minimum Gasteiger partial charge on any atom is -0.780 e. The summed E-state index contributed by atoms with van der Waals surface area (Å²) in [7, 11) is 0. The van der Waals surface area contributed by atoms with Crippen molar-refractivity contribution >= 4 is 71.5 Å². The molecule has 0 aromatic carbocycles. The molecule has 236 valence electrons. The van der Waals surface area contributed by atoms with E-state index >= 15 is 4.39 Å². The molecule has 0 spiro atoms. The van der Waals surface area contributed by atoms with E-state index in [1.807, 2.05) is 0 Å². The van der Waals surface area contributed by atoms with Crippen LogP contribution in [0, 0.1) is 0 Å². The van der Waals surface area contributed by atoms with Gasteiger partial charge >= 0.3 is 59.1 Å². The Morgan fingerprint density at radius 2 is 1.43 bits per heavy atom. The first kappa shape index (κ1) is 36.8. The zero-order valence-electron chi connectivity index (χ0n) is 23.9. The number of nitrogen functional groups attached to an aromatic ring is 2. The first-order valence-corrected chi connectivity index (χ1v) is 17.8. The number of aromatic nitrogens is 8. The summed E-state index contributed by atoms with van der Waals surface area (Å²) in [5, 5.41) is 11.1. The molecule has 5 N–H and O–H groups in total. The van der Waals surface area contributed by atoms with Crippen LogP contribution in [0.5, 0.6) is 0 Å². The summed E-state index contributed by atoms with van der Waals surface area (Å²) in [5.41, 5.74) is 12.5. The molecule has 7 heterocycles. The maximum atomic E-state index is 16.0. The number of rotatable bonds is 2. The van der Waals surface area contributed by atoms with Crippen molar-refractivity contribution < 1.29 is 106 Å². The Kier molecular flexibility index (Phi) is 11.2. The minimum atomic E-state index is -4.48. The van der Waals surface area contributed by atoms with Gasteiger partial charge in [0.2, 0.25) is 6.80 Å². The number of anilines is 2. The monoisotopic (exact) mass is 736 g/mol. The van der Waals surface area contributed by atoms with Crippen molar-refractivity contribution in [2.75, 3.05) is 24.7 Å².